The molecule has 0 bridgehead atoms. The summed E-state index contributed by atoms with van der Waals surface area (Å²) in [6, 6.07) is 0. The average Bonchev–Trinajstić information content (AvgIpc) is 2.12. The molecule has 0 spiro atoms. The van der Waals surface area contributed by atoms with Crippen molar-refractivity contribution in [3.63, 3.8) is 0 Å². The molecule has 1 atom stereocenters. The van der Waals surface area contributed by atoms with Crippen molar-refractivity contribution < 1.29 is 9.84 Å². The molecule has 3 N–H and O–H groups in total. The Balaban J connectivity index is 3.45. The second-order valence-corrected chi connectivity index (χ2v) is 3.87. The summed E-state index contributed by atoms with van der Waals surface area (Å²) in [5, 5.41) is 8.48. The monoisotopic (exact) mass is 220 g/mol. The van der Waals surface area contributed by atoms with Gasteiger partial charge in [-0.2, -0.15) is 0 Å². The molecule has 84 valence electrons. The standard InChI is InChI=1S/C9H20N2O2S/c1-8(9(10)14)7-11(2)3-5-13-6-4-12/h8,12H,3-7H2,1-2H3,(H2,10,14). The van der Waals surface area contributed by atoms with Crippen LogP contribution in [0.3, 0.4) is 0 Å². The highest BCUT2D eigenvalue weighted by Gasteiger charge is 2.08. The van der Waals surface area contributed by atoms with Crippen molar-refractivity contribution >= 4 is 17.2 Å². The Labute approximate surface area is 91.0 Å². The van der Waals surface area contributed by atoms with E-state index in [-0.39, 0.29) is 12.5 Å². The molecule has 0 aromatic rings. The molecular weight excluding hydrogens is 200 g/mol. The number of nitrogens with two attached hydrogens (primary N) is 1. The molecule has 4 nitrogen and oxygen atoms in total. The maximum atomic E-state index is 8.48. The van der Waals surface area contributed by atoms with Crippen LogP contribution in [0.5, 0.6) is 0 Å². The molecule has 0 aliphatic carbocycles. The first-order chi connectivity index (χ1) is 6.57. The van der Waals surface area contributed by atoms with Crippen molar-refractivity contribution in [2.75, 3.05) is 40.0 Å². The number of rotatable bonds is 8. The van der Waals surface area contributed by atoms with Gasteiger partial charge in [0.2, 0.25) is 0 Å². The topological polar surface area (TPSA) is 58.7 Å². The van der Waals surface area contributed by atoms with Crippen LogP contribution in [0.4, 0.5) is 0 Å². The van der Waals surface area contributed by atoms with E-state index in [1.54, 1.807) is 0 Å². The molecule has 1 unspecified atom stereocenters. The van der Waals surface area contributed by atoms with Crippen LogP contribution < -0.4 is 5.73 Å². The Morgan fingerprint density at radius 3 is 2.71 bits per heavy atom. The van der Waals surface area contributed by atoms with E-state index in [0.29, 0.717) is 18.2 Å². The fraction of sp³-hybridized carbons (Fsp3) is 0.889. The lowest BCUT2D eigenvalue weighted by Crippen LogP contribution is -2.33. The van der Waals surface area contributed by atoms with Crippen LogP contribution in [0.2, 0.25) is 0 Å². The van der Waals surface area contributed by atoms with Gasteiger partial charge >= 0.3 is 0 Å². The van der Waals surface area contributed by atoms with Crippen molar-refractivity contribution in [1.29, 1.82) is 0 Å². The maximum Gasteiger partial charge on any atom is 0.0768 e. The van der Waals surface area contributed by atoms with Gasteiger partial charge in [-0.15, -0.1) is 0 Å². The van der Waals surface area contributed by atoms with E-state index < -0.39 is 0 Å². The normalized spacial score (nSPS) is 13.1. The van der Waals surface area contributed by atoms with Crippen molar-refractivity contribution in [3.8, 4) is 0 Å². The summed E-state index contributed by atoms with van der Waals surface area (Å²) in [6.45, 7) is 4.78. The largest absolute Gasteiger partial charge is 0.394 e. The summed E-state index contributed by atoms with van der Waals surface area (Å²) >= 11 is 4.88. The van der Waals surface area contributed by atoms with Gasteiger partial charge in [0, 0.05) is 19.0 Å². The van der Waals surface area contributed by atoms with Crippen molar-refractivity contribution in [3.05, 3.63) is 0 Å². The van der Waals surface area contributed by atoms with Gasteiger partial charge in [0.25, 0.3) is 0 Å². The Hall–Kier alpha value is -0.230. The van der Waals surface area contributed by atoms with Crippen molar-refractivity contribution in [1.82, 2.24) is 4.90 Å². The fourth-order valence-corrected chi connectivity index (χ4v) is 1.11. The number of hydrogen-bond donors (Lipinski definition) is 2. The van der Waals surface area contributed by atoms with Crippen LogP contribution in [-0.4, -0.2) is 55.0 Å². The third-order valence-electron chi connectivity index (χ3n) is 1.92. The highest BCUT2D eigenvalue weighted by molar-refractivity contribution is 7.80. The number of aliphatic hydroxyl groups excluding tert-OH is 1. The first-order valence-corrected chi connectivity index (χ1v) is 5.15. The second kappa shape index (κ2) is 8.11. The first kappa shape index (κ1) is 13.8. The minimum absolute atomic E-state index is 0.0764. The van der Waals surface area contributed by atoms with E-state index in [1.165, 1.54) is 0 Å². The summed E-state index contributed by atoms with van der Waals surface area (Å²) in [7, 11) is 2.00. The van der Waals surface area contributed by atoms with Crippen LogP contribution in [-0.2, 0) is 4.74 Å². The lowest BCUT2D eigenvalue weighted by Gasteiger charge is -2.20. The van der Waals surface area contributed by atoms with Crippen LogP contribution in [0.15, 0.2) is 0 Å². The number of aliphatic hydroxyl groups is 1. The number of nitrogens with zero attached hydrogens (tertiary/aromatic N) is 1. The molecule has 0 amide bonds. The van der Waals surface area contributed by atoms with Gasteiger partial charge in [-0.05, 0) is 7.05 Å². The highest BCUT2D eigenvalue weighted by Crippen LogP contribution is 1.97. The van der Waals surface area contributed by atoms with Gasteiger partial charge in [0.1, 0.15) is 0 Å². The highest BCUT2D eigenvalue weighted by atomic mass is 32.1. The first-order valence-electron chi connectivity index (χ1n) is 4.74. The zero-order chi connectivity index (χ0) is 11.0. The average molecular weight is 220 g/mol. The van der Waals surface area contributed by atoms with E-state index in [1.807, 2.05) is 14.0 Å². The van der Waals surface area contributed by atoms with E-state index in [9.17, 15) is 0 Å². The van der Waals surface area contributed by atoms with E-state index in [2.05, 4.69) is 4.90 Å². The second-order valence-electron chi connectivity index (χ2n) is 3.40. The molecule has 0 fully saturated rings. The van der Waals surface area contributed by atoms with Crippen LogP contribution in [0.1, 0.15) is 6.92 Å². The lowest BCUT2D eigenvalue weighted by molar-refractivity contribution is 0.0775. The third-order valence-corrected chi connectivity index (χ3v) is 2.33. The van der Waals surface area contributed by atoms with Gasteiger partial charge in [-0.25, -0.2) is 0 Å². The summed E-state index contributed by atoms with van der Waals surface area (Å²) in [6.07, 6.45) is 0. The number of thiocarbonyl (C=S) groups is 1. The van der Waals surface area contributed by atoms with Crippen molar-refractivity contribution in [2.24, 2.45) is 11.7 Å². The molecule has 0 saturated heterocycles. The zero-order valence-electron chi connectivity index (χ0n) is 8.90. The van der Waals surface area contributed by atoms with Crippen molar-refractivity contribution in [2.45, 2.75) is 6.92 Å². The quantitative estimate of drug-likeness (QED) is 0.440. The zero-order valence-corrected chi connectivity index (χ0v) is 9.72. The van der Waals surface area contributed by atoms with E-state index >= 15 is 0 Å². The molecule has 0 heterocycles. The summed E-state index contributed by atoms with van der Waals surface area (Å²) < 4.78 is 5.14. The van der Waals surface area contributed by atoms with Gasteiger partial charge in [-0.3, -0.25) is 0 Å². The van der Waals surface area contributed by atoms with Crippen LogP contribution >= 0.6 is 12.2 Å². The van der Waals surface area contributed by atoms with Crippen LogP contribution in [0, 0.1) is 5.92 Å². The molecule has 0 radical (unpaired) electrons. The molecule has 0 aliphatic rings. The molecule has 5 heteroatoms. The molecule has 0 aliphatic heterocycles. The smallest absolute Gasteiger partial charge is 0.0768 e. The molecule has 0 aromatic carbocycles. The molecule has 0 rings (SSSR count). The Bertz CT molecular complexity index is 167. The summed E-state index contributed by atoms with van der Waals surface area (Å²) in [5.41, 5.74) is 5.50. The lowest BCUT2D eigenvalue weighted by atomic mass is 10.2. The molecule has 0 saturated carbocycles. The summed E-state index contributed by atoms with van der Waals surface area (Å²) in [5.74, 6) is 0.229. The molecule has 14 heavy (non-hydrogen) atoms. The van der Waals surface area contributed by atoms with Gasteiger partial charge in [0.15, 0.2) is 0 Å². The minimum atomic E-state index is 0.0764. The van der Waals surface area contributed by atoms with Crippen LogP contribution in [0.25, 0.3) is 0 Å². The number of likely N-dealkylation sites (N-methyl/N-ethyl adjacent to an activating group) is 1. The summed E-state index contributed by atoms with van der Waals surface area (Å²) in [4.78, 5) is 2.66. The van der Waals surface area contributed by atoms with Gasteiger partial charge < -0.3 is 20.5 Å². The Morgan fingerprint density at radius 2 is 2.21 bits per heavy atom. The van der Waals surface area contributed by atoms with E-state index in [0.717, 1.165) is 13.1 Å². The molecular formula is C9H20N2O2S. The van der Waals surface area contributed by atoms with E-state index in [4.69, 9.17) is 27.8 Å². The third kappa shape index (κ3) is 7.20. The van der Waals surface area contributed by atoms with Gasteiger partial charge in [-0.1, -0.05) is 19.1 Å². The number of ether oxygens (including phenoxy) is 1. The number of hydrogen-bond acceptors (Lipinski definition) is 4. The minimum Gasteiger partial charge on any atom is -0.394 e. The predicted octanol–water partition coefficient (Wildman–Crippen LogP) is -0.151. The Morgan fingerprint density at radius 1 is 1.57 bits per heavy atom. The predicted molar refractivity (Wildman–Crippen MR) is 61.4 cm³/mol. The SMILES string of the molecule is CC(CN(C)CCOCCO)C(N)=S. The maximum absolute atomic E-state index is 8.48. The Kier molecular flexibility index (Phi) is 7.98. The fourth-order valence-electron chi connectivity index (χ4n) is 1.04. The molecule has 0 aromatic heterocycles. The van der Waals surface area contributed by atoms with Gasteiger partial charge in [0.05, 0.1) is 24.8 Å².